The zero-order valence-electron chi connectivity index (χ0n) is 12.5. The van der Waals surface area contributed by atoms with Crippen molar-refractivity contribution in [2.24, 2.45) is 0 Å². The summed E-state index contributed by atoms with van der Waals surface area (Å²) < 4.78 is 15.7. The van der Waals surface area contributed by atoms with Gasteiger partial charge in [0.2, 0.25) is 11.7 Å². The molecule has 22 heavy (non-hydrogen) atoms. The molecule has 0 atom stereocenters. The Labute approximate surface area is 132 Å². The lowest BCUT2D eigenvalue weighted by molar-refractivity contribution is -0.115. The van der Waals surface area contributed by atoms with Gasteiger partial charge in [0.1, 0.15) is 0 Å². The summed E-state index contributed by atoms with van der Waals surface area (Å²) in [4.78, 5) is 16.1. The van der Waals surface area contributed by atoms with Gasteiger partial charge in [0, 0.05) is 23.2 Å². The molecule has 7 nitrogen and oxygen atoms in total. The molecule has 2 aromatic rings. The lowest BCUT2D eigenvalue weighted by Gasteiger charge is -2.14. The van der Waals surface area contributed by atoms with Gasteiger partial charge in [0.05, 0.1) is 33.4 Å². The first-order chi connectivity index (χ1) is 10.6. The minimum atomic E-state index is -0.209. The van der Waals surface area contributed by atoms with E-state index in [1.807, 2.05) is 0 Å². The molecule has 8 heteroatoms. The second-order valence-corrected chi connectivity index (χ2v) is 5.21. The van der Waals surface area contributed by atoms with Crippen LogP contribution in [-0.2, 0) is 11.2 Å². The largest absolute Gasteiger partial charge is 0.493 e. The Morgan fingerprint density at radius 1 is 1.23 bits per heavy atom. The number of ether oxygens (including phenoxy) is 3. The van der Waals surface area contributed by atoms with Gasteiger partial charge in [0.25, 0.3) is 0 Å². The monoisotopic (exact) mass is 323 g/mol. The van der Waals surface area contributed by atoms with E-state index in [9.17, 15) is 4.79 Å². The van der Waals surface area contributed by atoms with Crippen LogP contribution in [0.3, 0.4) is 0 Å². The summed E-state index contributed by atoms with van der Waals surface area (Å²) in [6, 6.07) is 3.32. The summed E-state index contributed by atoms with van der Waals surface area (Å²) in [7, 11) is 4.55. The zero-order valence-corrected chi connectivity index (χ0v) is 13.3. The molecule has 0 spiro atoms. The fraction of sp³-hybridized carbons (Fsp3) is 0.286. The fourth-order valence-electron chi connectivity index (χ4n) is 1.93. The number of thiazole rings is 1. The smallest absolute Gasteiger partial charge is 0.230 e. The van der Waals surface area contributed by atoms with Crippen LogP contribution >= 0.6 is 11.3 Å². The van der Waals surface area contributed by atoms with Crippen LogP contribution in [0.5, 0.6) is 17.2 Å². The molecular weight excluding hydrogens is 306 g/mol. The summed E-state index contributed by atoms with van der Waals surface area (Å²) in [6.07, 6.45) is 0.143. The highest BCUT2D eigenvalue weighted by molar-refractivity contribution is 7.13. The van der Waals surface area contributed by atoms with E-state index in [1.54, 1.807) is 17.5 Å². The number of methoxy groups -OCH3 is 3. The molecule has 1 aromatic heterocycles. The first kappa shape index (κ1) is 15.9. The van der Waals surface area contributed by atoms with Crippen LogP contribution in [0.2, 0.25) is 0 Å². The number of nitrogens with two attached hydrogens (primary N) is 1. The van der Waals surface area contributed by atoms with Gasteiger partial charge < -0.3 is 25.3 Å². The maximum Gasteiger partial charge on any atom is 0.230 e. The average Bonchev–Trinajstić information content (AvgIpc) is 2.90. The number of rotatable bonds is 6. The molecule has 0 aliphatic carbocycles. The third-order valence-corrected chi connectivity index (χ3v) is 3.58. The molecule has 1 heterocycles. The molecule has 0 aliphatic rings. The maximum absolute atomic E-state index is 12.0. The van der Waals surface area contributed by atoms with E-state index in [0.717, 1.165) is 0 Å². The Morgan fingerprint density at radius 2 is 1.86 bits per heavy atom. The molecule has 0 bridgehead atoms. The SMILES string of the molecule is COc1cc(NC(=O)Cc2csc(N)n2)cc(OC)c1OC. The number of nitrogen functional groups attached to an aromatic ring is 1. The quantitative estimate of drug-likeness (QED) is 0.843. The van der Waals surface area contributed by atoms with Crippen LogP contribution < -0.4 is 25.3 Å². The average molecular weight is 323 g/mol. The molecule has 3 N–H and O–H groups in total. The first-order valence-electron chi connectivity index (χ1n) is 6.37. The number of carbonyl (C=O) groups is 1. The van der Waals surface area contributed by atoms with Crippen LogP contribution in [0, 0.1) is 0 Å². The Balaban J connectivity index is 2.16. The van der Waals surface area contributed by atoms with Gasteiger partial charge in [-0.2, -0.15) is 0 Å². The summed E-state index contributed by atoms with van der Waals surface area (Å²) >= 11 is 1.30. The Bertz CT molecular complexity index is 647. The normalized spacial score (nSPS) is 10.1. The maximum atomic E-state index is 12.0. The Morgan fingerprint density at radius 3 is 2.32 bits per heavy atom. The number of nitrogens with one attached hydrogen (secondary N) is 1. The van der Waals surface area contributed by atoms with Crippen molar-refractivity contribution in [2.45, 2.75) is 6.42 Å². The minimum Gasteiger partial charge on any atom is -0.493 e. The number of amides is 1. The van der Waals surface area contributed by atoms with Crippen molar-refractivity contribution in [3.8, 4) is 17.2 Å². The van der Waals surface area contributed by atoms with E-state index in [0.29, 0.717) is 33.8 Å². The number of benzene rings is 1. The highest BCUT2D eigenvalue weighted by atomic mass is 32.1. The molecule has 0 radical (unpaired) electrons. The van der Waals surface area contributed by atoms with E-state index in [4.69, 9.17) is 19.9 Å². The summed E-state index contributed by atoms with van der Waals surface area (Å²) in [5, 5.41) is 4.96. The van der Waals surface area contributed by atoms with Crippen molar-refractivity contribution < 1.29 is 19.0 Å². The van der Waals surface area contributed by atoms with Crippen molar-refractivity contribution in [2.75, 3.05) is 32.4 Å². The van der Waals surface area contributed by atoms with E-state index in [-0.39, 0.29) is 12.3 Å². The van der Waals surface area contributed by atoms with Gasteiger partial charge >= 0.3 is 0 Å². The summed E-state index contributed by atoms with van der Waals surface area (Å²) in [6.45, 7) is 0. The first-order valence-corrected chi connectivity index (χ1v) is 7.25. The lowest BCUT2D eigenvalue weighted by atomic mass is 10.2. The third kappa shape index (κ3) is 3.59. The van der Waals surface area contributed by atoms with Gasteiger partial charge in [0.15, 0.2) is 16.6 Å². The summed E-state index contributed by atoms with van der Waals surface area (Å²) in [5.74, 6) is 1.19. The molecule has 0 unspecified atom stereocenters. The summed E-state index contributed by atoms with van der Waals surface area (Å²) in [5.41, 5.74) is 6.72. The van der Waals surface area contributed by atoms with Crippen LogP contribution in [0.15, 0.2) is 17.5 Å². The fourth-order valence-corrected chi connectivity index (χ4v) is 2.49. The molecule has 1 aromatic carbocycles. The van der Waals surface area contributed by atoms with Crippen molar-refractivity contribution in [1.82, 2.24) is 4.98 Å². The molecular formula is C14H17N3O4S. The number of anilines is 2. The van der Waals surface area contributed by atoms with Crippen LogP contribution in [0.1, 0.15) is 5.69 Å². The Hall–Kier alpha value is -2.48. The van der Waals surface area contributed by atoms with E-state index in [1.165, 1.54) is 32.7 Å². The van der Waals surface area contributed by atoms with Crippen molar-refractivity contribution in [3.63, 3.8) is 0 Å². The van der Waals surface area contributed by atoms with E-state index < -0.39 is 0 Å². The zero-order chi connectivity index (χ0) is 16.1. The second-order valence-electron chi connectivity index (χ2n) is 4.32. The number of carbonyl (C=O) groups excluding carboxylic acids is 1. The van der Waals surface area contributed by atoms with Crippen molar-refractivity contribution in [3.05, 3.63) is 23.2 Å². The third-order valence-electron chi connectivity index (χ3n) is 2.86. The van der Waals surface area contributed by atoms with Crippen LogP contribution in [0.25, 0.3) is 0 Å². The minimum absolute atomic E-state index is 0.143. The molecule has 0 aliphatic heterocycles. The molecule has 0 fully saturated rings. The van der Waals surface area contributed by atoms with E-state index >= 15 is 0 Å². The standard InChI is InChI=1S/C14H17N3O4S/c1-19-10-4-8(5-11(20-2)13(10)21-3)16-12(18)6-9-7-22-14(15)17-9/h4-5,7H,6H2,1-3H3,(H2,15,17)(H,16,18). The van der Waals surface area contributed by atoms with Gasteiger partial charge in [-0.1, -0.05) is 0 Å². The second kappa shape index (κ2) is 6.99. The predicted octanol–water partition coefficient (Wildman–Crippen LogP) is 1.93. The van der Waals surface area contributed by atoms with Crippen LogP contribution in [-0.4, -0.2) is 32.2 Å². The van der Waals surface area contributed by atoms with Gasteiger partial charge in [-0.05, 0) is 0 Å². The topological polar surface area (TPSA) is 95.7 Å². The lowest BCUT2D eigenvalue weighted by Crippen LogP contribution is -2.15. The Kier molecular flexibility index (Phi) is 5.05. The van der Waals surface area contributed by atoms with Gasteiger partial charge in [-0.3, -0.25) is 4.79 Å². The predicted molar refractivity (Wildman–Crippen MR) is 85.0 cm³/mol. The molecule has 0 saturated carbocycles. The van der Waals surface area contributed by atoms with Crippen molar-refractivity contribution in [1.29, 1.82) is 0 Å². The number of aromatic nitrogens is 1. The number of hydrogen-bond acceptors (Lipinski definition) is 7. The molecule has 2 rings (SSSR count). The van der Waals surface area contributed by atoms with E-state index in [2.05, 4.69) is 10.3 Å². The molecule has 0 saturated heterocycles. The van der Waals surface area contributed by atoms with Gasteiger partial charge in [-0.25, -0.2) is 4.98 Å². The van der Waals surface area contributed by atoms with Gasteiger partial charge in [-0.15, -0.1) is 11.3 Å². The molecule has 1 amide bonds. The highest BCUT2D eigenvalue weighted by Crippen LogP contribution is 2.39. The number of nitrogens with zero attached hydrogens (tertiary/aromatic N) is 1. The van der Waals surface area contributed by atoms with Crippen molar-refractivity contribution >= 4 is 28.1 Å². The molecule has 118 valence electrons. The highest BCUT2D eigenvalue weighted by Gasteiger charge is 2.15. The number of hydrogen-bond donors (Lipinski definition) is 2. The van der Waals surface area contributed by atoms with Crippen LogP contribution in [0.4, 0.5) is 10.8 Å².